The van der Waals surface area contributed by atoms with E-state index in [4.69, 9.17) is 4.74 Å². The summed E-state index contributed by atoms with van der Waals surface area (Å²) in [5, 5.41) is 0.857. The van der Waals surface area contributed by atoms with Crippen molar-refractivity contribution in [2.24, 2.45) is 0 Å². The van der Waals surface area contributed by atoms with Crippen LogP contribution in [0.1, 0.15) is 41.9 Å². The van der Waals surface area contributed by atoms with Gasteiger partial charge in [0.15, 0.2) is 15.9 Å². The lowest BCUT2D eigenvalue weighted by Crippen LogP contribution is -2.46. The van der Waals surface area contributed by atoms with E-state index < -0.39 is 21.9 Å². The Morgan fingerprint density at radius 2 is 1.97 bits per heavy atom. The van der Waals surface area contributed by atoms with Gasteiger partial charge in [-0.05, 0) is 45.7 Å². The number of aromatic nitrogens is 1. The number of fused-ring (bicyclic) bond motifs is 1. The zero-order chi connectivity index (χ0) is 21.3. The van der Waals surface area contributed by atoms with Crippen LogP contribution in [-0.4, -0.2) is 60.4 Å². The SMILES string of the molecule is CCN(C(=O)C(C)OC(=O)c1c(C)nc2ccccc2c1C)C1CCS(=O)(=O)C1. The highest BCUT2D eigenvalue weighted by Crippen LogP contribution is 2.24. The van der Waals surface area contributed by atoms with Crippen molar-refractivity contribution in [2.75, 3.05) is 18.1 Å². The van der Waals surface area contributed by atoms with Crippen LogP contribution < -0.4 is 0 Å². The highest BCUT2D eigenvalue weighted by molar-refractivity contribution is 7.91. The second kappa shape index (κ2) is 8.10. The standard InChI is InChI=1S/C21H26N2O5S/c1-5-23(16-10-11-29(26,27)12-16)20(24)15(4)28-21(25)19-13(2)17-8-6-7-9-18(17)22-14(19)3/h6-9,15-16H,5,10-12H2,1-4H3. The number of carbonyl (C=O) groups is 2. The zero-order valence-electron chi connectivity index (χ0n) is 17.1. The molecule has 0 saturated carbocycles. The van der Waals surface area contributed by atoms with E-state index in [0.29, 0.717) is 24.2 Å². The Kier molecular flexibility index (Phi) is 5.93. The summed E-state index contributed by atoms with van der Waals surface area (Å²) in [6.07, 6.45) is -0.605. The number of hydrogen-bond acceptors (Lipinski definition) is 6. The molecule has 1 aromatic carbocycles. The highest BCUT2D eigenvalue weighted by Gasteiger charge is 2.36. The molecule has 29 heavy (non-hydrogen) atoms. The van der Waals surface area contributed by atoms with Gasteiger partial charge in [-0.3, -0.25) is 9.78 Å². The van der Waals surface area contributed by atoms with Gasteiger partial charge in [0.25, 0.3) is 5.91 Å². The first-order valence-electron chi connectivity index (χ1n) is 9.72. The van der Waals surface area contributed by atoms with Gasteiger partial charge in [0.05, 0.1) is 28.3 Å². The normalized spacial score (nSPS) is 19.1. The number of sulfone groups is 1. The number of para-hydroxylation sites is 1. The van der Waals surface area contributed by atoms with E-state index in [1.807, 2.05) is 31.2 Å². The molecule has 0 bridgehead atoms. The van der Waals surface area contributed by atoms with Gasteiger partial charge in [-0.15, -0.1) is 0 Å². The third kappa shape index (κ3) is 4.27. The summed E-state index contributed by atoms with van der Waals surface area (Å²) >= 11 is 0. The van der Waals surface area contributed by atoms with Crippen LogP contribution in [0.5, 0.6) is 0 Å². The summed E-state index contributed by atoms with van der Waals surface area (Å²) in [5.41, 5.74) is 2.45. The van der Waals surface area contributed by atoms with Crippen molar-refractivity contribution in [1.82, 2.24) is 9.88 Å². The third-order valence-corrected chi connectivity index (χ3v) is 7.19. The predicted octanol–water partition coefficient (Wildman–Crippen LogP) is 2.43. The molecule has 1 aromatic heterocycles. The largest absolute Gasteiger partial charge is 0.449 e. The Balaban J connectivity index is 1.80. The molecule has 2 atom stereocenters. The number of nitrogens with zero attached hydrogens (tertiary/aromatic N) is 2. The minimum Gasteiger partial charge on any atom is -0.449 e. The molecule has 1 amide bonds. The zero-order valence-corrected chi connectivity index (χ0v) is 18.0. The summed E-state index contributed by atoms with van der Waals surface area (Å²) in [5.74, 6) is -0.946. The van der Waals surface area contributed by atoms with Crippen LogP contribution in [-0.2, 0) is 19.4 Å². The number of amides is 1. The summed E-state index contributed by atoms with van der Waals surface area (Å²) in [6.45, 7) is 7.24. The Morgan fingerprint density at radius 3 is 2.59 bits per heavy atom. The molecule has 0 spiro atoms. The van der Waals surface area contributed by atoms with Crippen molar-refractivity contribution in [2.45, 2.75) is 46.3 Å². The van der Waals surface area contributed by atoms with E-state index in [2.05, 4.69) is 4.98 Å². The van der Waals surface area contributed by atoms with Crippen molar-refractivity contribution in [1.29, 1.82) is 0 Å². The lowest BCUT2D eigenvalue weighted by atomic mass is 10.0. The van der Waals surface area contributed by atoms with Crippen molar-refractivity contribution < 1.29 is 22.7 Å². The molecule has 0 radical (unpaired) electrons. The minimum atomic E-state index is -3.12. The Labute approximate surface area is 171 Å². The molecule has 7 nitrogen and oxygen atoms in total. The first-order valence-corrected chi connectivity index (χ1v) is 11.5. The average molecular weight is 419 g/mol. The monoisotopic (exact) mass is 418 g/mol. The van der Waals surface area contributed by atoms with Crippen LogP contribution in [0.25, 0.3) is 10.9 Å². The fourth-order valence-corrected chi connectivity index (χ4v) is 5.68. The van der Waals surface area contributed by atoms with Gasteiger partial charge >= 0.3 is 5.97 Å². The molecule has 2 unspecified atom stereocenters. The molecule has 8 heteroatoms. The summed E-state index contributed by atoms with van der Waals surface area (Å²) < 4.78 is 29.0. The van der Waals surface area contributed by atoms with Crippen LogP contribution in [0.15, 0.2) is 24.3 Å². The lowest BCUT2D eigenvalue weighted by molar-refractivity contribution is -0.141. The van der Waals surface area contributed by atoms with E-state index in [1.54, 1.807) is 13.8 Å². The first-order chi connectivity index (χ1) is 13.6. The molecule has 0 N–H and O–H groups in total. The van der Waals surface area contributed by atoms with Gasteiger partial charge in [-0.25, -0.2) is 13.2 Å². The molecular formula is C21H26N2O5S. The number of ether oxygens (including phenoxy) is 1. The number of esters is 1. The van der Waals surface area contributed by atoms with Crippen molar-refractivity contribution in [3.63, 3.8) is 0 Å². The number of likely N-dealkylation sites (N-methyl/N-ethyl adjacent to an activating group) is 1. The van der Waals surface area contributed by atoms with E-state index in [9.17, 15) is 18.0 Å². The number of hydrogen-bond donors (Lipinski definition) is 0. The molecule has 2 aromatic rings. The molecule has 156 valence electrons. The van der Waals surface area contributed by atoms with Gasteiger partial charge in [-0.1, -0.05) is 18.2 Å². The van der Waals surface area contributed by atoms with Gasteiger partial charge in [0.2, 0.25) is 0 Å². The van der Waals surface area contributed by atoms with Crippen LogP contribution in [0.2, 0.25) is 0 Å². The molecule has 3 rings (SSSR count). The molecular weight excluding hydrogens is 392 g/mol. The van der Waals surface area contributed by atoms with Crippen molar-refractivity contribution >= 4 is 32.6 Å². The van der Waals surface area contributed by atoms with Crippen LogP contribution in [0.4, 0.5) is 0 Å². The quantitative estimate of drug-likeness (QED) is 0.693. The van der Waals surface area contributed by atoms with E-state index >= 15 is 0 Å². The van der Waals surface area contributed by atoms with Gasteiger partial charge < -0.3 is 9.64 Å². The molecule has 0 aliphatic carbocycles. The minimum absolute atomic E-state index is 0.0416. The smallest absolute Gasteiger partial charge is 0.341 e. The van der Waals surface area contributed by atoms with Crippen molar-refractivity contribution in [3.05, 3.63) is 41.1 Å². The fraction of sp³-hybridized carbons (Fsp3) is 0.476. The molecule has 1 saturated heterocycles. The lowest BCUT2D eigenvalue weighted by Gasteiger charge is -2.29. The molecule has 2 heterocycles. The van der Waals surface area contributed by atoms with E-state index in [0.717, 1.165) is 16.5 Å². The second-order valence-electron chi connectivity index (χ2n) is 7.44. The number of rotatable bonds is 5. The fourth-order valence-electron chi connectivity index (χ4n) is 3.95. The number of carbonyl (C=O) groups excluding carboxylic acids is 2. The van der Waals surface area contributed by atoms with Crippen molar-refractivity contribution in [3.8, 4) is 0 Å². The maximum absolute atomic E-state index is 12.9. The Bertz CT molecular complexity index is 1060. The Morgan fingerprint density at radius 1 is 1.28 bits per heavy atom. The Hall–Kier alpha value is -2.48. The van der Waals surface area contributed by atoms with Crippen LogP contribution in [0, 0.1) is 13.8 Å². The van der Waals surface area contributed by atoms with E-state index in [1.165, 1.54) is 11.8 Å². The predicted molar refractivity (Wildman–Crippen MR) is 111 cm³/mol. The maximum atomic E-state index is 12.9. The molecule has 1 fully saturated rings. The summed E-state index contributed by atoms with van der Waals surface area (Å²) in [6, 6.07) is 7.16. The summed E-state index contributed by atoms with van der Waals surface area (Å²) in [4.78, 5) is 31.7. The van der Waals surface area contributed by atoms with Crippen LogP contribution >= 0.6 is 0 Å². The molecule has 1 aliphatic rings. The van der Waals surface area contributed by atoms with E-state index in [-0.39, 0.29) is 23.5 Å². The highest BCUT2D eigenvalue weighted by atomic mass is 32.2. The maximum Gasteiger partial charge on any atom is 0.341 e. The topological polar surface area (TPSA) is 93.6 Å². The third-order valence-electron chi connectivity index (χ3n) is 5.44. The first kappa shape index (κ1) is 21.2. The number of benzene rings is 1. The average Bonchev–Trinajstić information content (AvgIpc) is 3.01. The molecule has 1 aliphatic heterocycles. The number of aryl methyl sites for hydroxylation is 2. The van der Waals surface area contributed by atoms with Gasteiger partial charge in [0.1, 0.15) is 0 Å². The number of pyridine rings is 1. The van der Waals surface area contributed by atoms with Gasteiger partial charge in [0, 0.05) is 18.0 Å². The van der Waals surface area contributed by atoms with Gasteiger partial charge in [-0.2, -0.15) is 0 Å². The van der Waals surface area contributed by atoms with Crippen LogP contribution in [0.3, 0.4) is 0 Å². The summed E-state index contributed by atoms with van der Waals surface area (Å²) in [7, 11) is -3.12. The second-order valence-corrected chi connectivity index (χ2v) is 9.67.